The minimum absolute atomic E-state index is 0.0566. The molecule has 2 bridgehead atoms. The van der Waals surface area contributed by atoms with Crippen molar-refractivity contribution in [1.82, 2.24) is 0 Å². The van der Waals surface area contributed by atoms with Gasteiger partial charge in [0.25, 0.3) is 0 Å². The van der Waals surface area contributed by atoms with Crippen LogP contribution in [0.15, 0.2) is 24.3 Å². The van der Waals surface area contributed by atoms with Crippen LogP contribution in [0.3, 0.4) is 0 Å². The highest BCUT2D eigenvalue weighted by molar-refractivity contribution is 6.01. The van der Waals surface area contributed by atoms with Crippen molar-refractivity contribution in [2.24, 2.45) is 22.7 Å². The van der Waals surface area contributed by atoms with Gasteiger partial charge in [0, 0.05) is 11.8 Å². The van der Waals surface area contributed by atoms with Crippen molar-refractivity contribution in [2.75, 3.05) is 19.0 Å². The van der Waals surface area contributed by atoms with E-state index in [0.717, 1.165) is 20.0 Å². The summed E-state index contributed by atoms with van der Waals surface area (Å²) in [5.74, 6) is -2.61. The number of rotatable bonds is 6. The Morgan fingerprint density at radius 2 is 2.00 bits per heavy atom. The van der Waals surface area contributed by atoms with Gasteiger partial charge in [0.15, 0.2) is 11.5 Å². The van der Waals surface area contributed by atoms with Crippen molar-refractivity contribution in [3.05, 3.63) is 29.8 Å². The molecule has 5 atom stereocenters. The molecular weight excluding hydrogens is 442 g/mol. The molecule has 9 heteroatoms. The van der Waals surface area contributed by atoms with Gasteiger partial charge in [-0.3, -0.25) is 9.59 Å². The zero-order chi connectivity index (χ0) is 24.9. The summed E-state index contributed by atoms with van der Waals surface area (Å²) in [6.07, 6.45) is 6.20. The number of allylic oxidation sites excluding steroid dienone is 2. The Hall–Kier alpha value is -2.91. The standard InChI is InChI=1S/C25H31NO8/c1-23(8-7-19(30)26-20-16(28)4-3-15(21(20)31)22(32)34-2)17-11-14-5-9-24(17,10-6-18(23)29)12-25(14,33)13-27/h3-4,6,10,14,17,27-28,31,33H,5,7-9,11-13H2,1-2H3,(H,26,30). The Bertz CT molecular complexity index is 1070. The number of methoxy groups -OCH3 is 1. The van der Waals surface area contributed by atoms with Crippen LogP contribution in [0.25, 0.3) is 0 Å². The maximum atomic E-state index is 13.0. The third-order valence-electron chi connectivity index (χ3n) is 8.44. The fourth-order valence-electron chi connectivity index (χ4n) is 6.46. The number of aliphatic hydroxyl groups excluding tert-OH is 1. The first-order valence-electron chi connectivity index (χ1n) is 11.5. The maximum Gasteiger partial charge on any atom is 0.341 e. The van der Waals surface area contributed by atoms with Crippen LogP contribution in [0.1, 0.15) is 55.8 Å². The molecule has 184 valence electrons. The van der Waals surface area contributed by atoms with Crippen LogP contribution in [0, 0.1) is 22.7 Å². The van der Waals surface area contributed by atoms with Gasteiger partial charge in [-0.15, -0.1) is 0 Å². The fraction of sp³-hybridized carbons (Fsp3) is 0.560. The number of anilines is 1. The summed E-state index contributed by atoms with van der Waals surface area (Å²) in [5.41, 5.74) is -2.89. The van der Waals surface area contributed by atoms with Crippen molar-refractivity contribution in [3.8, 4) is 11.5 Å². The molecule has 1 aromatic rings. The number of ether oxygens (including phenoxy) is 1. The lowest BCUT2D eigenvalue weighted by Crippen LogP contribution is -2.62. The monoisotopic (exact) mass is 473 g/mol. The molecule has 4 aliphatic carbocycles. The molecule has 1 aromatic carbocycles. The topological polar surface area (TPSA) is 153 Å². The molecule has 0 aliphatic heterocycles. The highest BCUT2D eigenvalue weighted by Gasteiger charge is 2.63. The van der Waals surface area contributed by atoms with Gasteiger partial charge in [-0.25, -0.2) is 4.79 Å². The number of hydrogen-bond acceptors (Lipinski definition) is 8. The summed E-state index contributed by atoms with van der Waals surface area (Å²) in [6.45, 7) is 1.54. The fourth-order valence-corrected chi connectivity index (χ4v) is 6.46. The zero-order valence-corrected chi connectivity index (χ0v) is 19.3. The minimum Gasteiger partial charge on any atom is -0.506 e. The lowest BCUT2D eigenvalue weighted by molar-refractivity contribution is -0.190. The Kier molecular flexibility index (Phi) is 5.98. The predicted molar refractivity (Wildman–Crippen MR) is 121 cm³/mol. The molecule has 5 N–H and O–H groups in total. The van der Waals surface area contributed by atoms with Crippen LogP contribution in [-0.4, -0.2) is 57.4 Å². The van der Waals surface area contributed by atoms with Crippen LogP contribution >= 0.6 is 0 Å². The second kappa shape index (κ2) is 8.39. The van der Waals surface area contributed by atoms with Crippen molar-refractivity contribution < 1.29 is 39.5 Å². The Morgan fingerprint density at radius 1 is 1.26 bits per heavy atom. The normalized spacial score (nSPS) is 33.9. The van der Waals surface area contributed by atoms with Gasteiger partial charge in [0.1, 0.15) is 17.0 Å². The minimum atomic E-state index is -1.16. The van der Waals surface area contributed by atoms with Gasteiger partial charge >= 0.3 is 5.97 Å². The van der Waals surface area contributed by atoms with E-state index in [1.165, 1.54) is 12.1 Å². The first-order chi connectivity index (χ1) is 16.0. The number of phenolic OH excluding ortho intramolecular Hbond substituents is 2. The van der Waals surface area contributed by atoms with E-state index in [0.29, 0.717) is 12.8 Å². The molecule has 4 aliphatic rings. The number of aromatic hydroxyl groups is 2. The van der Waals surface area contributed by atoms with Crippen LogP contribution in [0.5, 0.6) is 11.5 Å². The van der Waals surface area contributed by atoms with Crippen molar-refractivity contribution in [3.63, 3.8) is 0 Å². The number of carbonyl (C=O) groups is 3. The number of nitrogens with one attached hydrogen (secondary N) is 1. The van der Waals surface area contributed by atoms with Crippen molar-refractivity contribution in [1.29, 1.82) is 0 Å². The van der Waals surface area contributed by atoms with Crippen molar-refractivity contribution >= 4 is 23.3 Å². The lowest BCUT2D eigenvalue weighted by Gasteiger charge is -2.63. The molecule has 1 spiro atoms. The summed E-state index contributed by atoms with van der Waals surface area (Å²) in [4.78, 5) is 37.6. The Balaban J connectivity index is 1.52. The number of aliphatic hydroxyl groups is 2. The summed E-state index contributed by atoms with van der Waals surface area (Å²) in [5, 5.41) is 43.6. The molecule has 1 amide bonds. The van der Waals surface area contributed by atoms with Gasteiger partial charge in [-0.05, 0) is 67.6 Å². The number of phenols is 2. The van der Waals surface area contributed by atoms with Gasteiger partial charge in [0.2, 0.25) is 5.91 Å². The first kappa shape index (κ1) is 24.2. The number of fused-ring (bicyclic) bond motifs is 2. The molecule has 34 heavy (non-hydrogen) atoms. The van der Waals surface area contributed by atoms with Gasteiger partial charge in [-0.2, -0.15) is 0 Å². The van der Waals surface area contributed by atoms with E-state index in [1.807, 2.05) is 13.0 Å². The molecular formula is C25H31NO8. The molecule has 0 saturated heterocycles. The van der Waals surface area contributed by atoms with Crippen LogP contribution < -0.4 is 5.32 Å². The second-order valence-corrected chi connectivity index (χ2v) is 10.2. The van der Waals surface area contributed by atoms with Gasteiger partial charge in [-0.1, -0.05) is 13.0 Å². The number of carbonyl (C=O) groups excluding carboxylic acids is 3. The molecule has 5 unspecified atom stereocenters. The van der Waals surface area contributed by atoms with Crippen LogP contribution in [-0.2, 0) is 14.3 Å². The smallest absolute Gasteiger partial charge is 0.341 e. The molecule has 3 fully saturated rings. The average molecular weight is 474 g/mol. The van der Waals surface area contributed by atoms with Crippen molar-refractivity contribution in [2.45, 2.75) is 51.0 Å². The van der Waals surface area contributed by atoms with Crippen LogP contribution in [0.4, 0.5) is 5.69 Å². The number of benzene rings is 1. The third-order valence-corrected chi connectivity index (χ3v) is 8.44. The second-order valence-electron chi connectivity index (χ2n) is 10.2. The van der Waals surface area contributed by atoms with E-state index < -0.39 is 39.8 Å². The predicted octanol–water partition coefficient (Wildman–Crippen LogP) is 2.28. The van der Waals surface area contributed by atoms with Crippen LogP contribution in [0.2, 0.25) is 0 Å². The van der Waals surface area contributed by atoms with E-state index in [9.17, 15) is 34.8 Å². The van der Waals surface area contributed by atoms with E-state index in [1.54, 1.807) is 6.08 Å². The lowest BCUT2D eigenvalue weighted by atomic mass is 9.42. The van der Waals surface area contributed by atoms with E-state index in [2.05, 4.69) is 10.1 Å². The average Bonchev–Trinajstić information content (AvgIpc) is 2.82. The van der Waals surface area contributed by atoms with E-state index in [-0.39, 0.29) is 48.3 Å². The SMILES string of the molecule is COC(=O)c1ccc(O)c(NC(=O)CCC2(C)C(=O)C=CC34CCC(CC32)C(O)(CO)C4)c1O. The quantitative estimate of drug-likeness (QED) is 0.312. The van der Waals surface area contributed by atoms with E-state index in [4.69, 9.17) is 0 Å². The third kappa shape index (κ3) is 3.67. The molecule has 9 nitrogen and oxygen atoms in total. The highest BCUT2D eigenvalue weighted by atomic mass is 16.5. The number of ketones is 1. The van der Waals surface area contributed by atoms with Gasteiger partial charge in [0.05, 0.1) is 19.3 Å². The summed E-state index contributed by atoms with van der Waals surface area (Å²) in [7, 11) is 1.15. The largest absolute Gasteiger partial charge is 0.506 e. The van der Waals surface area contributed by atoms with E-state index >= 15 is 0 Å². The molecule has 0 radical (unpaired) electrons. The zero-order valence-electron chi connectivity index (χ0n) is 19.3. The number of amides is 1. The first-order valence-corrected chi connectivity index (χ1v) is 11.5. The highest BCUT2D eigenvalue weighted by Crippen LogP contribution is 2.65. The molecule has 0 aromatic heterocycles. The number of hydrogen-bond donors (Lipinski definition) is 5. The molecule has 0 heterocycles. The molecule has 3 saturated carbocycles. The Morgan fingerprint density at radius 3 is 2.68 bits per heavy atom. The summed E-state index contributed by atoms with van der Waals surface area (Å²) in [6, 6.07) is 2.36. The maximum absolute atomic E-state index is 13.0. The summed E-state index contributed by atoms with van der Waals surface area (Å²) >= 11 is 0. The molecule has 5 rings (SSSR count). The Labute approximate surface area is 197 Å². The van der Waals surface area contributed by atoms with Gasteiger partial charge < -0.3 is 30.5 Å². The summed E-state index contributed by atoms with van der Waals surface area (Å²) < 4.78 is 4.59. The number of esters is 1.